The minimum absolute atomic E-state index is 0.0299. The molecule has 1 aromatic rings. The second-order valence-corrected chi connectivity index (χ2v) is 6.41. The van der Waals surface area contributed by atoms with Crippen LogP contribution >= 0.6 is 0 Å². The molecule has 7 nitrogen and oxygen atoms in total. The maximum Gasteiger partial charge on any atom is 0.239 e. The molecule has 4 N–H and O–H groups in total. The molecule has 9 heteroatoms. The number of anilines is 2. The quantitative estimate of drug-likeness (QED) is 0.521. The second kappa shape index (κ2) is 5.02. The van der Waals surface area contributed by atoms with Crippen LogP contribution in [0.25, 0.3) is 0 Å². The van der Waals surface area contributed by atoms with Gasteiger partial charge in [0.1, 0.15) is 9.84 Å². The number of rotatable bonds is 3. The summed E-state index contributed by atoms with van der Waals surface area (Å²) >= 11 is 0. The largest absolute Gasteiger partial charge is 0.365 e. The monoisotopic (exact) mass is 275 g/mol. The van der Waals surface area contributed by atoms with Crippen molar-refractivity contribution in [1.29, 1.82) is 0 Å². The maximum atomic E-state index is 13.4. The van der Waals surface area contributed by atoms with Gasteiger partial charge in [-0.25, -0.2) is 23.6 Å². The van der Waals surface area contributed by atoms with Gasteiger partial charge in [-0.05, 0) is 12.8 Å². The van der Waals surface area contributed by atoms with Crippen molar-refractivity contribution in [3.63, 3.8) is 0 Å². The van der Waals surface area contributed by atoms with Gasteiger partial charge in [0, 0.05) is 6.04 Å². The van der Waals surface area contributed by atoms with Crippen LogP contribution in [0, 0.1) is 5.82 Å². The van der Waals surface area contributed by atoms with Crippen LogP contribution in [-0.2, 0) is 9.84 Å². The average molecular weight is 275 g/mol. The summed E-state index contributed by atoms with van der Waals surface area (Å²) in [6.07, 6.45) is 1.89. The standard InChI is InChI=1S/C9H14FN5O2S/c10-7-5-12-9(15-11)14-8(7)13-6-1-3-18(16,17)4-2-6/h5-6H,1-4,11H2,(H2,12,13,14,15). The summed E-state index contributed by atoms with van der Waals surface area (Å²) in [5, 5.41) is 2.88. The van der Waals surface area contributed by atoms with Crippen molar-refractivity contribution in [2.75, 3.05) is 22.2 Å². The smallest absolute Gasteiger partial charge is 0.239 e. The van der Waals surface area contributed by atoms with E-state index in [9.17, 15) is 12.8 Å². The number of halogens is 1. The SMILES string of the molecule is NNc1ncc(F)c(NC2CCS(=O)(=O)CC2)n1. The van der Waals surface area contributed by atoms with Crippen LogP contribution in [0.4, 0.5) is 16.2 Å². The summed E-state index contributed by atoms with van der Waals surface area (Å²) in [7, 11) is -2.93. The van der Waals surface area contributed by atoms with Gasteiger partial charge in [-0.2, -0.15) is 4.98 Å². The number of nitrogens with zero attached hydrogens (tertiary/aromatic N) is 2. The predicted octanol–water partition coefficient (Wildman–Crippen LogP) is -0.110. The first kappa shape index (κ1) is 13.0. The molecule has 0 amide bonds. The van der Waals surface area contributed by atoms with Crippen LogP contribution in [-0.4, -0.2) is 35.9 Å². The van der Waals surface area contributed by atoms with Crippen LogP contribution in [0.3, 0.4) is 0 Å². The summed E-state index contributed by atoms with van der Waals surface area (Å²) < 4.78 is 36.0. The molecule has 0 aliphatic carbocycles. The highest BCUT2D eigenvalue weighted by Gasteiger charge is 2.24. The number of sulfone groups is 1. The van der Waals surface area contributed by atoms with Crippen molar-refractivity contribution in [3.8, 4) is 0 Å². The summed E-state index contributed by atoms with van der Waals surface area (Å²) in [4.78, 5) is 7.45. The average Bonchev–Trinajstić information content (AvgIpc) is 2.34. The van der Waals surface area contributed by atoms with Gasteiger partial charge in [-0.1, -0.05) is 0 Å². The lowest BCUT2D eigenvalue weighted by Gasteiger charge is -2.23. The van der Waals surface area contributed by atoms with Gasteiger partial charge in [0.05, 0.1) is 17.7 Å². The molecular formula is C9H14FN5O2S. The van der Waals surface area contributed by atoms with E-state index in [-0.39, 0.29) is 29.3 Å². The van der Waals surface area contributed by atoms with Crippen molar-refractivity contribution < 1.29 is 12.8 Å². The molecule has 18 heavy (non-hydrogen) atoms. The lowest BCUT2D eigenvalue weighted by atomic mass is 10.1. The van der Waals surface area contributed by atoms with Crippen LogP contribution in [0.5, 0.6) is 0 Å². The number of hydrogen-bond donors (Lipinski definition) is 3. The van der Waals surface area contributed by atoms with E-state index in [1.165, 1.54) is 0 Å². The third-order valence-electron chi connectivity index (χ3n) is 2.77. The van der Waals surface area contributed by atoms with E-state index in [4.69, 9.17) is 5.84 Å². The van der Waals surface area contributed by atoms with Crippen molar-refractivity contribution >= 4 is 21.6 Å². The fourth-order valence-electron chi connectivity index (χ4n) is 1.77. The summed E-state index contributed by atoms with van der Waals surface area (Å²) in [6, 6.07) is -0.108. The molecule has 1 aromatic heterocycles. The number of nitrogens with one attached hydrogen (secondary N) is 2. The second-order valence-electron chi connectivity index (χ2n) is 4.10. The third kappa shape index (κ3) is 3.05. The predicted molar refractivity (Wildman–Crippen MR) is 65.1 cm³/mol. The highest BCUT2D eigenvalue weighted by Crippen LogP contribution is 2.19. The van der Waals surface area contributed by atoms with Crippen LogP contribution in [0.15, 0.2) is 6.20 Å². The first-order valence-corrected chi connectivity index (χ1v) is 7.28. The highest BCUT2D eigenvalue weighted by atomic mass is 32.2. The first-order chi connectivity index (χ1) is 8.50. The van der Waals surface area contributed by atoms with Gasteiger partial charge in [-0.15, -0.1) is 0 Å². The van der Waals surface area contributed by atoms with E-state index >= 15 is 0 Å². The topological polar surface area (TPSA) is 110 Å². The Labute approximate surface area is 104 Å². The van der Waals surface area contributed by atoms with E-state index in [1.54, 1.807) is 0 Å². The zero-order chi connectivity index (χ0) is 13.2. The molecule has 1 saturated heterocycles. The molecule has 1 fully saturated rings. The number of hydrazine groups is 1. The lowest BCUT2D eigenvalue weighted by molar-refractivity contribution is 0.555. The van der Waals surface area contributed by atoms with Crippen molar-refractivity contribution in [2.24, 2.45) is 5.84 Å². The van der Waals surface area contributed by atoms with E-state index in [2.05, 4.69) is 20.7 Å². The number of aromatic nitrogens is 2. The molecule has 0 atom stereocenters. The van der Waals surface area contributed by atoms with Crippen LogP contribution < -0.4 is 16.6 Å². The number of hydrogen-bond acceptors (Lipinski definition) is 7. The van der Waals surface area contributed by atoms with Crippen LogP contribution in [0.2, 0.25) is 0 Å². The Hall–Kier alpha value is -1.48. The highest BCUT2D eigenvalue weighted by molar-refractivity contribution is 7.91. The summed E-state index contributed by atoms with van der Waals surface area (Å²) in [6.45, 7) is 0. The minimum atomic E-state index is -2.93. The fourth-order valence-corrected chi connectivity index (χ4v) is 3.26. The molecular weight excluding hydrogens is 261 g/mol. The van der Waals surface area contributed by atoms with E-state index in [1.807, 2.05) is 0 Å². The molecule has 100 valence electrons. The Bertz CT molecular complexity index is 522. The molecule has 0 spiro atoms. The maximum absolute atomic E-state index is 13.4. The van der Waals surface area contributed by atoms with Gasteiger partial charge in [0.15, 0.2) is 11.6 Å². The molecule has 0 aromatic carbocycles. The van der Waals surface area contributed by atoms with Crippen LogP contribution in [0.1, 0.15) is 12.8 Å². The molecule has 0 radical (unpaired) electrons. The van der Waals surface area contributed by atoms with E-state index in [0.29, 0.717) is 12.8 Å². The van der Waals surface area contributed by atoms with Gasteiger partial charge < -0.3 is 5.32 Å². The van der Waals surface area contributed by atoms with E-state index in [0.717, 1.165) is 6.20 Å². The third-order valence-corrected chi connectivity index (χ3v) is 4.48. The van der Waals surface area contributed by atoms with Gasteiger partial charge >= 0.3 is 0 Å². The summed E-state index contributed by atoms with van der Waals surface area (Å²) in [5.41, 5.74) is 2.22. The van der Waals surface area contributed by atoms with Gasteiger partial charge in [0.25, 0.3) is 0 Å². The molecule has 2 heterocycles. The molecule has 1 aliphatic heterocycles. The minimum Gasteiger partial charge on any atom is -0.365 e. The Kier molecular flexibility index (Phi) is 3.62. The summed E-state index contributed by atoms with van der Waals surface area (Å²) in [5.74, 6) is 4.89. The first-order valence-electron chi connectivity index (χ1n) is 5.46. The van der Waals surface area contributed by atoms with Crippen molar-refractivity contribution in [3.05, 3.63) is 12.0 Å². The molecule has 0 bridgehead atoms. The molecule has 2 rings (SSSR count). The van der Waals surface area contributed by atoms with Crippen molar-refractivity contribution in [2.45, 2.75) is 18.9 Å². The Morgan fingerprint density at radius 2 is 2.06 bits per heavy atom. The Balaban J connectivity index is 2.06. The number of nitrogens with two attached hydrogens (primary N) is 1. The molecule has 0 unspecified atom stereocenters. The number of nitrogen functional groups attached to an aromatic ring is 1. The normalized spacial score (nSPS) is 19.4. The van der Waals surface area contributed by atoms with E-state index < -0.39 is 15.7 Å². The van der Waals surface area contributed by atoms with Gasteiger partial charge in [-0.3, -0.25) is 5.43 Å². The van der Waals surface area contributed by atoms with Gasteiger partial charge in [0.2, 0.25) is 5.95 Å². The lowest BCUT2D eigenvalue weighted by Crippen LogP contribution is -2.32. The zero-order valence-corrected chi connectivity index (χ0v) is 10.4. The zero-order valence-electron chi connectivity index (χ0n) is 9.56. The molecule has 0 saturated carbocycles. The Morgan fingerprint density at radius 1 is 1.39 bits per heavy atom. The molecule has 1 aliphatic rings. The fraction of sp³-hybridized carbons (Fsp3) is 0.556. The Morgan fingerprint density at radius 3 is 2.67 bits per heavy atom. The van der Waals surface area contributed by atoms with Crippen molar-refractivity contribution in [1.82, 2.24) is 9.97 Å².